The third-order valence-corrected chi connectivity index (χ3v) is 5.82. The summed E-state index contributed by atoms with van der Waals surface area (Å²) in [7, 11) is 0. The molecule has 0 unspecified atom stereocenters. The summed E-state index contributed by atoms with van der Waals surface area (Å²) in [5.74, 6) is 0.129. The van der Waals surface area contributed by atoms with Crippen LogP contribution in [-0.4, -0.2) is 51.1 Å². The molecule has 1 saturated heterocycles. The van der Waals surface area contributed by atoms with E-state index in [0.29, 0.717) is 30.8 Å². The lowest BCUT2D eigenvalue weighted by Crippen LogP contribution is -2.57. The van der Waals surface area contributed by atoms with Crippen LogP contribution >= 0.6 is 0 Å². The number of piperazine rings is 1. The molecule has 28 heavy (non-hydrogen) atoms. The van der Waals surface area contributed by atoms with Crippen molar-refractivity contribution in [1.29, 1.82) is 5.26 Å². The quantitative estimate of drug-likeness (QED) is 0.720. The molecular weight excluding hydrogens is 354 g/mol. The molecule has 1 aromatic carbocycles. The highest BCUT2D eigenvalue weighted by Gasteiger charge is 2.53. The lowest BCUT2D eigenvalue weighted by Gasteiger charge is -2.43. The van der Waals surface area contributed by atoms with Gasteiger partial charge in [0.1, 0.15) is 5.65 Å². The smallest absolute Gasteiger partial charge is 0.254 e. The summed E-state index contributed by atoms with van der Waals surface area (Å²) in [6, 6.07) is 10.9. The third kappa shape index (κ3) is 2.49. The minimum atomic E-state index is -0.212. The molecular formula is C21H19N5O2. The number of hydrogen-bond acceptors (Lipinski definition) is 5. The van der Waals surface area contributed by atoms with Crippen molar-refractivity contribution in [1.82, 2.24) is 14.9 Å². The summed E-state index contributed by atoms with van der Waals surface area (Å²) in [6.07, 6.45) is 5.17. The lowest BCUT2D eigenvalue weighted by molar-refractivity contribution is 0.0624. The van der Waals surface area contributed by atoms with Crippen molar-refractivity contribution in [2.45, 2.75) is 18.4 Å². The molecule has 1 amide bonds. The van der Waals surface area contributed by atoms with E-state index in [2.05, 4.69) is 20.9 Å². The average Bonchev–Trinajstić information content (AvgIpc) is 3.30. The van der Waals surface area contributed by atoms with Crippen LogP contribution in [0.4, 0.5) is 5.69 Å². The first kappa shape index (κ1) is 16.6. The Labute approximate surface area is 161 Å². The Hall–Kier alpha value is -3.53. The molecule has 2 fully saturated rings. The van der Waals surface area contributed by atoms with E-state index in [4.69, 9.17) is 5.26 Å². The molecule has 1 aliphatic carbocycles. The molecule has 2 aromatic heterocycles. The first-order valence-electron chi connectivity index (χ1n) is 9.33. The van der Waals surface area contributed by atoms with E-state index in [-0.39, 0.29) is 17.2 Å². The van der Waals surface area contributed by atoms with Gasteiger partial charge in [0.05, 0.1) is 29.1 Å². The van der Waals surface area contributed by atoms with Crippen LogP contribution in [0, 0.1) is 11.3 Å². The van der Waals surface area contributed by atoms with Gasteiger partial charge in [-0.2, -0.15) is 5.26 Å². The molecule has 0 bridgehead atoms. The molecule has 3 aromatic rings. The van der Waals surface area contributed by atoms with Gasteiger partial charge < -0.3 is 19.9 Å². The lowest BCUT2D eigenvalue weighted by atomic mass is 10.0. The van der Waals surface area contributed by atoms with Crippen molar-refractivity contribution in [3.63, 3.8) is 0 Å². The number of carbonyl (C=O) groups excluding carboxylic acids is 1. The minimum Gasteiger partial charge on any atom is -0.504 e. The first-order valence-corrected chi connectivity index (χ1v) is 9.33. The molecule has 0 radical (unpaired) electrons. The maximum atomic E-state index is 13.1. The van der Waals surface area contributed by atoms with Crippen LogP contribution in [0.25, 0.3) is 11.0 Å². The van der Waals surface area contributed by atoms with Crippen LogP contribution in [-0.2, 0) is 0 Å². The summed E-state index contributed by atoms with van der Waals surface area (Å²) in [4.78, 5) is 24.6. The van der Waals surface area contributed by atoms with E-state index in [0.717, 1.165) is 29.6 Å². The summed E-state index contributed by atoms with van der Waals surface area (Å²) in [5.41, 5.74) is 2.35. The van der Waals surface area contributed by atoms with E-state index in [1.165, 1.54) is 6.20 Å². The number of amides is 1. The Bertz CT molecular complexity index is 1130. The Balaban J connectivity index is 1.45. The number of anilines is 1. The van der Waals surface area contributed by atoms with E-state index in [9.17, 15) is 9.90 Å². The number of H-pyrrole nitrogens is 1. The van der Waals surface area contributed by atoms with Crippen LogP contribution in [0.1, 0.15) is 28.8 Å². The fraction of sp³-hybridized carbons (Fsp3) is 0.286. The van der Waals surface area contributed by atoms with E-state index in [1.54, 1.807) is 24.3 Å². The first-order chi connectivity index (χ1) is 13.6. The van der Waals surface area contributed by atoms with Gasteiger partial charge in [-0.3, -0.25) is 4.79 Å². The van der Waals surface area contributed by atoms with Gasteiger partial charge in [0.25, 0.3) is 5.91 Å². The zero-order valence-corrected chi connectivity index (χ0v) is 15.2. The Morgan fingerprint density at radius 3 is 2.93 bits per heavy atom. The molecule has 2 aliphatic rings. The van der Waals surface area contributed by atoms with Crippen molar-refractivity contribution < 1.29 is 9.90 Å². The summed E-state index contributed by atoms with van der Waals surface area (Å²) < 4.78 is 0. The predicted octanol–water partition coefficient (Wildman–Crippen LogP) is 2.64. The largest absolute Gasteiger partial charge is 0.504 e. The molecule has 7 nitrogen and oxygen atoms in total. The number of nitrogens with zero attached hydrogens (tertiary/aromatic N) is 4. The number of rotatable bonds is 2. The molecule has 140 valence electrons. The van der Waals surface area contributed by atoms with Crippen LogP contribution < -0.4 is 4.90 Å². The SMILES string of the molecule is N#Cc1cccc(C(=O)N2CCN(c3c(O)cnc4[nH]ccc34)CC23CC3)c1. The second-order valence-electron chi connectivity index (χ2n) is 7.53. The van der Waals surface area contributed by atoms with Crippen molar-refractivity contribution in [3.05, 3.63) is 53.9 Å². The van der Waals surface area contributed by atoms with Crippen LogP contribution in [0.2, 0.25) is 0 Å². The van der Waals surface area contributed by atoms with Crippen LogP contribution in [0.5, 0.6) is 5.75 Å². The van der Waals surface area contributed by atoms with Crippen LogP contribution in [0.3, 0.4) is 0 Å². The second-order valence-corrected chi connectivity index (χ2v) is 7.53. The molecule has 0 atom stereocenters. The number of aromatic amines is 1. The maximum absolute atomic E-state index is 13.1. The molecule has 1 spiro atoms. The highest BCUT2D eigenvalue weighted by atomic mass is 16.3. The van der Waals surface area contributed by atoms with Gasteiger partial charge >= 0.3 is 0 Å². The van der Waals surface area contributed by atoms with Crippen molar-refractivity contribution in [2.24, 2.45) is 0 Å². The summed E-state index contributed by atoms with van der Waals surface area (Å²) in [6.45, 7) is 1.88. The topological polar surface area (TPSA) is 96.2 Å². The van der Waals surface area contributed by atoms with Gasteiger partial charge in [0.15, 0.2) is 5.75 Å². The zero-order chi connectivity index (χ0) is 19.3. The van der Waals surface area contributed by atoms with Gasteiger partial charge in [-0.15, -0.1) is 0 Å². The molecule has 5 rings (SSSR count). The van der Waals surface area contributed by atoms with Gasteiger partial charge in [0.2, 0.25) is 0 Å². The van der Waals surface area contributed by atoms with Crippen molar-refractivity contribution >= 4 is 22.6 Å². The zero-order valence-electron chi connectivity index (χ0n) is 15.2. The van der Waals surface area contributed by atoms with Gasteiger partial charge in [-0.05, 0) is 37.1 Å². The summed E-state index contributed by atoms with van der Waals surface area (Å²) >= 11 is 0. The summed E-state index contributed by atoms with van der Waals surface area (Å²) in [5, 5.41) is 20.4. The van der Waals surface area contributed by atoms with Crippen LogP contribution in [0.15, 0.2) is 42.7 Å². The second kappa shape index (κ2) is 5.99. The monoisotopic (exact) mass is 373 g/mol. The fourth-order valence-electron chi connectivity index (χ4n) is 4.25. The van der Waals surface area contributed by atoms with Crippen molar-refractivity contribution in [3.8, 4) is 11.8 Å². The number of pyridine rings is 1. The highest BCUT2D eigenvalue weighted by Crippen LogP contribution is 2.47. The third-order valence-electron chi connectivity index (χ3n) is 5.82. The molecule has 7 heteroatoms. The number of nitrogens with one attached hydrogen (secondary N) is 1. The maximum Gasteiger partial charge on any atom is 0.254 e. The molecule has 3 heterocycles. The van der Waals surface area contributed by atoms with E-state index >= 15 is 0 Å². The van der Waals surface area contributed by atoms with E-state index < -0.39 is 0 Å². The Kier molecular flexibility index (Phi) is 3.56. The number of hydrogen-bond donors (Lipinski definition) is 2. The van der Waals surface area contributed by atoms with Gasteiger partial charge in [0, 0.05) is 36.8 Å². The van der Waals surface area contributed by atoms with Crippen molar-refractivity contribution in [2.75, 3.05) is 24.5 Å². The fourth-order valence-corrected chi connectivity index (χ4v) is 4.25. The predicted molar refractivity (Wildman–Crippen MR) is 104 cm³/mol. The number of benzene rings is 1. The standard InChI is InChI=1S/C21H19N5O2/c22-11-14-2-1-3-15(10-14)20(28)26-9-8-25(13-21(26)5-6-21)18-16-4-7-23-19(16)24-12-17(18)27/h1-4,7,10,12,27H,5-6,8-9,13H2,(H,23,24). The normalized spacial score (nSPS) is 17.7. The van der Waals surface area contributed by atoms with E-state index in [1.807, 2.05) is 17.2 Å². The molecule has 1 saturated carbocycles. The number of aromatic hydroxyl groups is 1. The highest BCUT2D eigenvalue weighted by molar-refractivity contribution is 5.96. The Morgan fingerprint density at radius 1 is 1.29 bits per heavy atom. The van der Waals surface area contributed by atoms with Gasteiger partial charge in [-0.1, -0.05) is 6.07 Å². The Morgan fingerprint density at radius 2 is 2.14 bits per heavy atom. The number of fused-ring (bicyclic) bond motifs is 1. The molecule has 1 aliphatic heterocycles. The number of nitriles is 1. The average molecular weight is 373 g/mol. The minimum absolute atomic E-state index is 0.0278. The molecule has 2 N–H and O–H groups in total. The number of carbonyl (C=O) groups is 1. The van der Waals surface area contributed by atoms with Gasteiger partial charge in [-0.25, -0.2) is 4.98 Å². The number of aromatic nitrogens is 2.